The minimum absolute atomic E-state index is 0.347. The largest absolute Gasteiger partial charge is 0.325 e. The molecule has 0 saturated carbocycles. The molecule has 0 aliphatic carbocycles. The van der Waals surface area contributed by atoms with E-state index in [0.29, 0.717) is 17.1 Å². The predicted octanol–water partition coefficient (Wildman–Crippen LogP) is 2.92. The van der Waals surface area contributed by atoms with Gasteiger partial charge in [0.15, 0.2) is 5.92 Å². The maximum Gasteiger partial charge on any atom is 0.265 e. The second-order valence-electron chi connectivity index (χ2n) is 6.01. The molecule has 6 heteroatoms. The van der Waals surface area contributed by atoms with E-state index in [1.54, 1.807) is 19.1 Å². The zero-order valence-electron chi connectivity index (χ0n) is 13.6. The summed E-state index contributed by atoms with van der Waals surface area (Å²) in [6, 6.07) is 14.7. The molecule has 0 aromatic heterocycles. The Morgan fingerprint density at radius 2 is 2.00 bits per heavy atom. The van der Waals surface area contributed by atoms with Gasteiger partial charge in [0, 0.05) is 18.3 Å². The molecule has 0 spiro atoms. The molecular formula is C19H16N4O2. The Hall–Kier alpha value is -3.28. The summed E-state index contributed by atoms with van der Waals surface area (Å²) in [5, 5.41) is 8.35. The zero-order valence-corrected chi connectivity index (χ0v) is 13.6. The Morgan fingerprint density at radius 1 is 1.20 bits per heavy atom. The van der Waals surface area contributed by atoms with Gasteiger partial charge < -0.3 is 5.32 Å². The lowest BCUT2D eigenvalue weighted by Gasteiger charge is -2.14. The average Bonchev–Trinajstić information content (AvgIpc) is 3.19. The van der Waals surface area contributed by atoms with Crippen molar-refractivity contribution < 1.29 is 9.59 Å². The van der Waals surface area contributed by atoms with Crippen molar-refractivity contribution in [3.8, 4) is 0 Å². The molecule has 1 atom stereocenters. The fourth-order valence-electron chi connectivity index (χ4n) is 3.01. The molecule has 2 aliphatic heterocycles. The summed E-state index contributed by atoms with van der Waals surface area (Å²) in [5.74, 6) is -1.65. The molecule has 2 heterocycles. The van der Waals surface area contributed by atoms with Crippen molar-refractivity contribution in [2.75, 3.05) is 10.3 Å². The molecule has 2 amide bonds. The Morgan fingerprint density at radius 3 is 2.80 bits per heavy atom. The molecule has 0 bridgehead atoms. The van der Waals surface area contributed by atoms with Gasteiger partial charge in [0.2, 0.25) is 5.91 Å². The maximum absolute atomic E-state index is 12.7. The van der Waals surface area contributed by atoms with Crippen LogP contribution >= 0.6 is 0 Å². The molecular weight excluding hydrogens is 316 g/mol. The highest BCUT2D eigenvalue weighted by Crippen LogP contribution is 2.29. The number of para-hydroxylation sites is 1. The Balaban J connectivity index is 1.54. The van der Waals surface area contributed by atoms with Crippen molar-refractivity contribution in [2.45, 2.75) is 13.3 Å². The number of amides is 2. The van der Waals surface area contributed by atoms with Crippen molar-refractivity contribution in [3.05, 3.63) is 54.1 Å². The number of hydrogen-bond donors (Lipinski definition) is 1. The number of nitrogens with zero attached hydrogens (tertiary/aromatic N) is 3. The third kappa shape index (κ3) is 2.71. The third-order valence-electron chi connectivity index (χ3n) is 4.29. The standard InChI is InChI=1S/C19H16N4O2/c1-12-17(19(25)23(22-12)15-5-3-2-4-6-15)18(24)21-14-8-7-13-9-10-20-16(13)11-14/h2-8,10-11,17H,9H2,1H3,(H,21,24). The summed E-state index contributed by atoms with van der Waals surface area (Å²) in [5.41, 5.74) is 3.73. The fourth-order valence-corrected chi connectivity index (χ4v) is 3.01. The van der Waals surface area contributed by atoms with Crippen LogP contribution in [0.4, 0.5) is 17.1 Å². The number of fused-ring (bicyclic) bond motifs is 1. The van der Waals surface area contributed by atoms with Crippen LogP contribution in [0.2, 0.25) is 0 Å². The number of anilines is 2. The first-order valence-electron chi connectivity index (χ1n) is 8.04. The zero-order chi connectivity index (χ0) is 17.4. The Kier molecular flexibility index (Phi) is 3.65. The first-order valence-corrected chi connectivity index (χ1v) is 8.04. The van der Waals surface area contributed by atoms with Crippen LogP contribution in [0.5, 0.6) is 0 Å². The van der Waals surface area contributed by atoms with Gasteiger partial charge in [-0.3, -0.25) is 14.6 Å². The van der Waals surface area contributed by atoms with Gasteiger partial charge in [-0.1, -0.05) is 24.3 Å². The van der Waals surface area contributed by atoms with Crippen LogP contribution in [0.15, 0.2) is 58.6 Å². The summed E-state index contributed by atoms with van der Waals surface area (Å²) in [7, 11) is 0. The van der Waals surface area contributed by atoms with E-state index in [9.17, 15) is 9.59 Å². The second-order valence-corrected chi connectivity index (χ2v) is 6.01. The number of carbonyl (C=O) groups excluding carboxylic acids is 2. The molecule has 0 fully saturated rings. The average molecular weight is 332 g/mol. The summed E-state index contributed by atoms with van der Waals surface area (Å²) in [6.45, 7) is 1.69. The molecule has 1 N–H and O–H groups in total. The lowest BCUT2D eigenvalue weighted by Crippen LogP contribution is -2.36. The van der Waals surface area contributed by atoms with Crippen LogP contribution in [0.1, 0.15) is 12.5 Å². The quantitative estimate of drug-likeness (QED) is 0.878. The third-order valence-corrected chi connectivity index (χ3v) is 4.29. The molecule has 2 aromatic rings. The monoisotopic (exact) mass is 332 g/mol. The molecule has 25 heavy (non-hydrogen) atoms. The minimum atomic E-state index is -0.919. The molecule has 4 rings (SSSR count). The van der Waals surface area contributed by atoms with E-state index in [2.05, 4.69) is 15.4 Å². The number of nitrogens with one attached hydrogen (secondary N) is 1. The SMILES string of the molecule is CC1=NN(c2ccccc2)C(=O)C1C(=O)Nc1ccc2c(c1)N=CC2. The lowest BCUT2D eigenvalue weighted by molar-refractivity contribution is -0.127. The van der Waals surface area contributed by atoms with Gasteiger partial charge >= 0.3 is 0 Å². The number of rotatable bonds is 3. The van der Waals surface area contributed by atoms with E-state index in [-0.39, 0.29) is 11.8 Å². The Labute approximate surface area is 144 Å². The summed E-state index contributed by atoms with van der Waals surface area (Å²) in [6.07, 6.45) is 2.65. The highest BCUT2D eigenvalue weighted by atomic mass is 16.2. The number of carbonyl (C=O) groups is 2. The van der Waals surface area contributed by atoms with E-state index in [1.165, 1.54) is 5.01 Å². The first kappa shape index (κ1) is 15.3. The van der Waals surface area contributed by atoms with Crippen LogP contribution in [0, 0.1) is 5.92 Å². The summed E-state index contributed by atoms with van der Waals surface area (Å²) >= 11 is 0. The molecule has 2 aliphatic rings. The van der Waals surface area contributed by atoms with Gasteiger partial charge in [0.05, 0.1) is 17.1 Å². The van der Waals surface area contributed by atoms with Crippen LogP contribution in [-0.2, 0) is 16.0 Å². The van der Waals surface area contributed by atoms with E-state index < -0.39 is 5.92 Å². The van der Waals surface area contributed by atoms with Crippen molar-refractivity contribution >= 4 is 40.8 Å². The van der Waals surface area contributed by atoms with Crippen molar-refractivity contribution in [1.82, 2.24) is 0 Å². The van der Waals surface area contributed by atoms with E-state index in [4.69, 9.17) is 0 Å². The smallest absolute Gasteiger partial charge is 0.265 e. The predicted molar refractivity (Wildman–Crippen MR) is 97.5 cm³/mol. The van der Waals surface area contributed by atoms with Crippen molar-refractivity contribution in [1.29, 1.82) is 0 Å². The maximum atomic E-state index is 12.7. The van der Waals surface area contributed by atoms with E-state index in [1.807, 2.05) is 42.6 Å². The van der Waals surface area contributed by atoms with Crippen LogP contribution < -0.4 is 10.3 Å². The molecule has 6 nitrogen and oxygen atoms in total. The molecule has 0 radical (unpaired) electrons. The number of aliphatic imine (C=N–C) groups is 1. The highest BCUT2D eigenvalue weighted by molar-refractivity contribution is 6.28. The van der Waals surface area contributed by atoms with Gasteiger partial charge in [0.25, 0.3) is 5.91 Å². The topological polar surface area (TPSA) is 74.1 Å². The first-order chi connectivity index (χ1) is 12.1. The van der Waals surface area contributed by atoms with Gasteiger partial charge in [-0.25, -0.2) is 0 Å². The van der Waals surface area contributed by atoms with Gasteiger partial charge in [-0.15, -0.1) is 0 Å². The minimum Gasteiger partial charge on any atom is -0.325 e. The van der Waals surface area contributed by atoms with Crippen molar-refractivity contribution in [2.24, 2.45) is 16.0 Å². The molecule has 124 valence electrons. The summed E-state index contributed by atoms with van der Waals surface area (Å²) in [4.78, 5) is 29.6. The highest BCUT2D eigenvalue weighted by Gasteiger charge is 2.39. The summed E-state index contributed by atoms with van der Waals surface area (Å²) < 4.78 is 0. The second kappa shape index (κ2) is 5.98. The van der Waals surface area contributed by atoms with E-state index in [0.717, 1.165) is 17.7 Å². The van der Waals surface area contributed by atoms with Crippen LogP contribution in [0.3, 0.4) is 0 Å². The lowest BCUT2D eigenvalue weighted by atomic mass is 10.0. The normalized spacial score (nSPS) is 18.3. The molecule has 0 saturated heterocycles. The number of benzene rings is 2. The number of hydrazone groups is 1. The van der Waals surface area contributed by atoms with Crippen molar-refractivity contribution in [3.63, 3.8) is 0 Å². The van der Waals surface area contributed by atoms with Crippen LogP contribution in [0.25, 0.3) is 0 Å². The Bertz CT molecular complexity index is 918. The molecule has 2 aromatic carbocycles. The van der Waals surface area contributed by atoms with Crippen LogP contribution in [-0.4, -0.2) is 23.7 Å². The van der Waals surface area contributed by atoms with Gasteiger partial charge in [0.1, 0.15) is 0 Å². The fraction of sp³-hybridized carbons (Fsp3) is 0.158. The molecule has 1 unspecified atom stereocenters. The van der Waals surface area contributed by atoms with Gasteiger partial charge in [-0.05, 0) is 36.8 Å². The number of hydrogen-bond acceptors (Lipinski definition) is 4. The van der Waals surface area contributed by atoms with Gasteiger partial charge in [-0.2, -0.15) is 10.1 Å². The van der Waals surface area contributed by atoms with E-state index >= 15 is 0 Å².